The van der Waals surface area contributed by atoms with Crippen LogP contribution in [0.5, 0.6) is 0 Å². The number of aliphatic carboxylic acids is 1. The largest absolute Gasteiger partial charge is 0.481 e. The van der Waals surface area contributed by atoms with Crippen molar-refractivity contribution in [2.75, 3.05) is 0 Å². The first-order valence-electron chi connectivity index (χ1n) is 5.57. The number of nitrogens with zero attached hydrogens (tertiary/aromatic N) is 1. The van der Waals surface area contributed by atoms with E-state index in [1.807, 2.05) is 17.0 Å². The number of hydrogen-bond donors (Lipinski definition) is 2. The highest BCUT2D eigenvalue weighted by molar-refractivity contribution is 5.69. The molecule has 0 bridgehead atoms. The quantitative estimate of drug-likeness (QED) is 0.819. The van der Waals surface area contributed by atoms with E-state index in [0.717, 1.165) is 17.5 Å². The van der Waals surface area contributed by atoms with Crippen molar-refractivity contribution in [2.24, 2.45) is 0 Å². The zero-order valence-electron chi connectivity index (χ0n) is 9.60. The molecule has 88 valence electrons. The van der Waals surface area contributed by atoms with E-state index in [9.17, 15) is 9.90 Å². The summed E-state index contributed by atoms with van der Waals surface area (Å²) in [5, 5.41) is 19.1. The number of hydrogen-bond acceptors (Lipinski definition) is 2. The molecule has 4 nitrogen and oxygen atoms in total. The van der Waals surface area contributed by atoms with Gasteiger partial charge in [0.1, 0.15) is 5.60 Å². The van der Waals surface area contributed by atoms with Crippen LogP contribution in [0.2, 0.25) is 0 Å². The zero-order valence-corrected chi connectivity index (χ0v) is 9.60. The van der Waals surface area contributed by atoms with Crippen LogP contribution in [0.1, 0.15) is 43.9 Å². The third-order valence-electron chi connectivity index (χ3n) is 3.28. The summed E-state index contributed by atoms with van der Waals surface area (Å²) in [5.41, 5.74) is 0.711. The van der Waals surface area contributed by atoms with Crippen LogP contribution in [0.15, 0.2) is 12.4 Å². The Kier molecular flexibility index (Phi) is 2.54. The number of aryl methyl sites for hydroxylation is 1. The van der Waals surface area contributed by atoms with E-state index >= 15 is 0 Å². The fourth-order valence-corrected chi connectivity index (χ4v) is 2.35. The topological polar surface area (TPSA) is 62.5 Å². The molecule has 0 spiro atoms. The van der Waals surface area contributed by atoms with Gasteiger partial charge >= 0.3 is 5.97 Å². The second kappa shape index (κ2) is 3.63. The van der Waals surface area contributed by atoms with Crippen molar-refractivity contribution in [3.05, 3.63) is 23.5 Å². The van der Waals surface area contributed by atoms with Crippen molar-refractivity contribution in [2.45, 2.75) is 44.8 Å². The van der Waals surface area contributed by atoms with Gasteiger partial charge in [-0.1, -0.05) is 0 Å². The maximum Gasteiger partial charge on any atom is 0.306 e. The van der Waals surface area contributed by atoms with Gasteiger partial charge in [-0.3, -0.25) is 4.79 Å². The van der Waals surface area contributed by atoms with Gasteiger partial charge < -0.3 is 14.8 Å². The van der Waals surface area contributed by atoms with E-state index in [4.69, 9.17) is 5.11 Å². The molecule has 0 aromatic carbocycles. The van der Waals surface area contributed by atoms with E-state index in [-0.39, 0.29) is 6.42 Å². The van der Waals surface area contributed by atoms with Gasteiger partial charge in [-0.15, -0.1) is 0 Å². The third kappa shape index (κ3) is 1.73. The molecule has 4 heteroatoms. The van der Waals surface area contributed by atoms with Crippen molar-refractivity contribution < 1.29 is 15.0 Å². The molecular formula is C12H17NO3. The maximum atomic E-state index is 10.7. The van der Waals surface area contributed by atoms with E-state index in [0.29, 0.717) is 12.5 Å². The molecule has 1 aliphatic carbocycles. The Hall–Kier alpha value is -1.29. The van der Waals surface area contributed by atoms with Crippen molar-refractivity contribution in [1.29, 1.82) is 0 Å². The average molecular weight is 223 g/mol. The van der Waals surface area contributed by atoms with E-state index < -0.39 is 11.6 Å². The standard InChI is InChI=1S/C12H17NO3/c1-8(2)13-6-9-3-4-12(16,5-11(14)15)10(9)7-13/h6-8,16H,3-5H2,1-2H3,(H,14,15). The van der Waals surface area contributed by atoms with Crippen molar-refractivity contribution >= 4 is 5.97 Å². The summed E-state index contributed by atoms with van der Waals surface area (Å²) in [6.07, 6.45) is 4.97. The Bertz CT molecular complexity index is 422. The molecule has 0 saturated heterocycles. The minimum absolute atomic E-state index is 0.206. The summed E-state index contributed by atoms with van der Waals surface area (Å²) < 4.78 is 2.02. The maximum absolute atomic E-state index is 10.7. The molecule has 0 amide bonds. The number of aliphatic hydroxyl groups is 1. The minimum Gasteiger partial charge on any atom is -0.481 e. The molecule has 0 fully saturated rings. The fraction of sp³-hybridized carbons (Fsp3) is 0.583. The first-order valence-corrected chi connectivity index (χ1v) is 5.57. The summed E-state index contributed by atoms with van der Waals surface area (Å²) in [6.45, 7) is 4.12. The summed E-state index contributed by atoms with van der Waals surface area (Å²) in [4.78, 5) is 10.7. The van der Waals surface area contributed by atoms with Crippen LogP contribution in [-0.2, 0) is 16.8 Å². The number of carbonyl (C=O) groups is 1. The molecule has 1 aromatic heterocycles. The molecule has 1 aromatic rings. The van der Waals surface area contributed by atoms with Crippen LogP contribution >= 0.6 is 0 Å². The number of aromatic nitrogens is 1. The molecule has 1 aliphatic rings. The SMILES string of the molecule is CC(C)n1cc2c(c1)C(O)(CC(=O)O)CC2. The van der Waals surface area contributed by atoms with Crippen LogP contribution in [0, 0.1) is 0 Å². The van der Waals surface area contributed by atoms with Gasteiger partial charge in [0.05, 0.1) is 6.42 Å². The Morgan fingerprint density at radius 3 is 2.81 bits per heavy atom. The summed E-state index contributed by atoms with van der Waals surface area (Å²) >= 11 is 0. The van der Waals surface area contributed by atoms with Crippen LogP contribution in [0.4, 0.5) is 0 Å². The first kappa shape index (κ1) is 11.2. The zero-order chi connectivity index (χ0) is 11.9. The van der Waals surface area contributed by atoms with Crippen molar-refractivity contribution in [3.8, 4) is 0 Å². The molecule has 1 unspecified atom stereocenters. The lowest BCUT2D eigenvalue weighted by Crippen LogP contribution is -2.26. The monoisotopic (exact) mass is 223 g/mol. The number of carboxylic acid groups (broad SMARTS) is 1. The van der Waals surface area contributed by atoms with Crippen LogP contribution < -0.4 is 0 Å². The predicted molar refractivity (Wildman–Crippen MR) is 59.3 cm³/mol. The third-order valence-corrected chi connectivity index (χ3v) is 3.28. The fourth-order valence-electron chi connectivity index (χ4n) is 2.35. The van der Waals surface area contributed by atoms with Gasteiger partial charge in [0.15, 0.2) is 0 Å². The van der Waals surface area contributed by atoms with Gasteiger partial charge in [-0.05, 0) is 32.3 Å². The number of carboxylic acids is 1. The van der Waals surface area contributed by atoms with Gasteiger partial charge in [0.2, 0.25) is 0 Å². The summed E-state index contributed by atoms with van der Waals surface area (Å²) in [7, 11) is 0. The Balaban J connectivity index is 2.34. The number of fused-ring (bicyclic) bond motifs is 1. The molecule has 16 heavy (non-hydrogen) atoms. The molecule has 1 atom stereocenters. The lowest BCUT2D eigenvalue weighted by atomic mass is 9.94. The smallest absolute Gasteiger partial charge is 0.306 e. The van der Waals surface area contributed by atoms with Gasteiger partial charge in [0.25, 0.3) is 0 Å². The average Bonchev–Trinajstić information content (AvgIpc) is 2.67. The number of rotatable bonds is 3. The second-order valence-corrected chi connectivity index (χ2v) is 4.84. The predicted octanol–water partition coefficient (Wildman–Crippen LogP) is 1.68. The lowest BCUT2D eigenvalue weighted by Gasteiger charge is -2.21. The molecule has 0 aliphatic heterocycles. The highest BCUT2D eigenvalue weighted by atomic mass is 16.4. The van der Waals surface area contributed by atoms with Crippen LogP contribution in [0.3, 0.4) is 0 Å². The molecule has 0 saturated carbocycles. The van der Waals surface area contributed by atoms with Gasteiger partial charge in [-0.25, -0.2) is 0 Å². The Morgan fingerprint density at radius 1 is 1.56 bits per heavy atom. The molecule has 2 rings (SSSR count). The lowest BCUT2D eigenvalue weighted by molar-refractivity contribution is -0.142. The van der Waals surface area contributed by atoms with Gasteiger partial charge in [0, 0.05) is 24.0 Å². The highest BCUT2D eigenvalue weighted by Gasteiger charge is 2.39. The van der Waals surface area contributed by atoms with Crippen molar-refractivity contribution in [3.63, 3.8) is 0 Å². The van der Waals surface area contributed by atoms with E-state index in [2.05, 4.69) is 13.8 Å². The van der Waals surface area contributed by atoms with E-state index in [1.165, 1.54) is 0 Å². The van der Waals surface area contributed by atoms with Crippen molar-refractivity contribution in [1.82, 2.24) is 4.57 Å². The Labute approximate surface area is 94.5 Å². The first-order chi connectivity index (χ1) is 7.42. The summed E-state index contributed by atoms with van der Waals surface area (Å²) in [5.74, 6) is -0.951. The van der Waals surface area contributed by atoms with Crippen LogP contribution in [0.25, 0.3) is 0 Å². The van der Waals surface area contributed by atoms with Gasteiger partial charge in [-0.2, -0.15) is 0 Å². The van der Waals surface area contributed by atoms with Crippen LogP contribution in [-0.4, -0.2) is 20.7 Å². The Morgan fingerprint density at radius 2 is 2.25 bits per heavy atom. The second-order valence-electron chi connectivity index (χ2n) is 4.84. The highest BCUT2D eigenvalue weighted by Crippen LogP contribution is 2.40. The minimum atomic E-state index is -1.17. The van der Waals surface area contributed by atoms with E-state index in [1.54, 1.807) is 0 Å². The molecule has 2 N–H and O–H groups in total. The summed E-state index contributed by atoms with van der Waals surface area (Å²) in [6, 6.07) is 0.333. The molecular weight excluding hydrogens is 206 g/mol. The normalized spacial score (nSPS) is 23.8. The molecule has 1 heterocycles. The molecule has 0 radical (unpaired) electrons.